The second-order valence-electron chi connectivity index (χ2n) is 4.81. The first-order valence-electron chi connectivity index (χ1n) is 5.47. The number of hydrogen-bond donors (Lipinski definition) is 0. The standard InChI is InChI=1S/C12H12ClF2N/c1-6-7-4-16(5-8(6)7)12-2-9(13)10(14)3-11(12)15/h2-3,6-8H,4-5H2,1H3. The van der Waals surface area contributed by atoms with Gasteiger partial charge in [0.2, 0.25) is 0 Å². The van der Waals surface area contributed by atoms with E-state index in [9.17, 15) is 8.78 Å². The molecule has 16 heavy (non-hydrogen) atoms. The SMILES string of the molecule is CC1C2CN(c3cc(Cl)c(F)cc3F)CC12. The summed E-state index contributed by atoms with van der Waals surface area (Å²) < 4.78 is 26.6. The molecule has 1 heterocycles. The highest BCUT2D eigenvalue weighted by atomic mass is 35.5. The summed E-state index contributed by atoms with van der Waals surface area (Å²) in [4.78, 5) is 1.97. The Balaban J connectivity index is 1.88. The lowest BCUT2D eigenvalue weighted by Gasteiger charge is -2.22. The Labute approximate surface area is 98.0 Å². The lowest BCUT2D eigenvalue weighted by molar-refractivity contribution is 0.576. The quantitative estimate of drug-likeness (QED) is 0.684. The first-order valence-corrected chi connectivity index (χ1v) is 5.85. The minimum atomic E-state index is -0.694. The summed E-state index contributed by atoms with van der Waals surface area (Å²) in [6, 6.07) is 2.26. The molecule has 2 atom stereocenters. The van der Waals surface area contributed by atoms with Crippen molar-refractivity contribution in [1.82, 2.24) is 0 Å². The number of benzene rings is 1. The Morgan fingerprint density at radius 3 is 2.44 bits per heavy atom. The van der Waals surface area contributed by atoms with Crippen molar-refractivity contribution in [3.63, 3.8) is 0 Å². The molecule has 0 N–H and O–H groups in total. The number of piperidine rings is 1. The van der Waals surface area contributed by atoms with Gasteiger partial charge in [-0.1, -0.05) is 18.5 Å². The van der Waals surface area contributed by atoms with E-state index in [4.69, 9.17) is 11.6 Å². The third-order valence-corrected chi connectivity index (χ3v) is 4.24. The third-order valence-electron chi connectivity index (χ3n) is 3.95. The fourth-order valence-corrected chi connectivity index (χ4v) is 2.93. The molecule has 3 rings (SSSR count). The van der Waals surface area contributed by atoms with Gasteiger partial charge in [-0.2, -0.15) is 0 Å². The second-order valence-corrected chi connectivity index (χ2v) is 5.22. The van der Waals surface area contributed by atoms with Gasteiger partial charge >= 0.3 is 0 Å². The van der Waals surface area contributed by atoms with E-state index in [2.05, 4.69) is 6.92 Å². The normalized spacial score (nSPS) is 31.8. The molecule has 0 radical (unpaired) electrons. The predicted octanol–water partition coefficient (Wildman–Crippen LogP) is 3.32. The number of nitrogens with zero attached hydrogens (tertiary/aromatic N) is 1. The minimum Gasteiger partial charge on any atom is -0.369 e. The van der Waals surface area contributed by atoms with Gasteiger partial charge in [-0.05, 0) is 23.8 Å². The van der Waals surface area contributed by atoms with Crippen LogP contribution in [-0.2, 0) is 0 Å². The van der Waals surface area contributed by atoms with E-state index in [1.807, 2.05) is 4.90 Å². The van der Waals surface area contributed by atoms with E-state index in [1.54, 1.807) is 0 Å². The second kappa shape index (κ2) is 3.33. The van der Waals surface area contributed by atoms with Gasteiger partial charge in [-0.3, -0.25) is 0 Å². The maximum atomic E-state index is 13.6. The van der Waals surface area contributed by atoms with Crippen molar-refractivity contribution in [2.24, 2.45) is 17.8 Å². The van der Waals surface area contributed by atoms with Crippen LogP contribution < -0.4 is 4.90 Å². The van der Waals surface area contributed by atoms with E-state index >= 15 is 0 Å². The van der Waals surface area contributed by atoms with Crippen molar-refractivity contribution in [2.75, 3.05) is 18.0 Å². The van der Waals surface area contributed by atoms with Crippen LogP contribution >= 0.6 is 11.6 Å². The summed E-state index contributed by atoms with van der Waals surface area (Å²) in [5, 5.41) is -0.00924. The molecule has 2 unspecified atom stereocenters. The van der Waals surface area contributed by atoms with Crippen LogP contribution in [0.5, 0.6) is 0 Å². The Morgan fingerprint density at radius 2 is 1.81 bits per heavy atom. The van der Waals surface area contributed by atoms with Crippen molar-refractivity contribution in [1.29, 1.82) is 0 Å². The summed E-state index contributed by atoms with van der Waals surface area (Å²) in [5.41, 5.74) is 0.436. The van der Waals surface area contributed by atoms with Gasteiger partial charge in [0.25, 0.3) is 0 Å². The fraction of sp³-hybridized carbons (Fsp3) is 0.500. The molecule has 0 aromatic heterocycles. The Kier molecular flexibility index (Phi) is 2.15. The molecule has 1 aromatic rings. The highest BCUT2D eigenvalue weighted by molar-refractivity contribution is 6.31. The monoisotopic (exact) mass is 243 g/mol. The average molecular weight is 244 g/mol. The molecular formula is C12H12ClF2N. The summed E-state index contributed by atoms with van der Waals surface area (Å²) in [5.74, 6) is 0.915. The van der Waals surface area contributed by atoms with Crippen molar-refractivity contribution >= 4 is 17.3 Å². The number of rotatable bonds is 1. The predicted molar refractivity (Wildman–Crippen MR) is 59.7 cm³/mol. The molecule has 1 aliphatic carbocycles. The average Bonchev–Trinajstić information content (AvgIpc) is 2.69. The van der Waals surface area contributed by atoms with E-state index in [1.165, 1.54) is 6.07 Å². The van der Waals surface area contributed by atoms with Gasteiger partial charge in [-0.25, -0.2) is 8.78 Å². The molecule has 1 saturated heterocycles. The zero-order chi connectivity index (χ0) is 11.4. The molecule has 2 fully saturated rings. The molecule has 0 bridgehead atoms. The fourth-order valence-electron chi connectivity index (χ4n) is 2.77. The maximum absolute atomic E-state index is 13.6. The van der Waals surface area contributed by atoms with Crippen molar-refractivity contribution in [2.45, 2.75) is 6.92 Å². The lowest BCUT2D eigenvalue weighted by atomic mass is 10.2. The zero-order valence-electron chi connectivity index (χ0n) is 8.88. The first-order chi connectivity index (χ1) is 7.58. The summed E-state index contributed by atoms with van der Waals surface area (Å²) >= 11 is 5.67. The number of anilines is 1. The van der Waals surface area contributed by atoms with Crippen LogP contribution in [0.15, 0.2) is 12.1 Å². The smallest absolute Gasteiger partial charge is 0.149 e. The van der Waals surface area contributed by atoms with Crippen LogP contribution in [0.3, 0.4) is 0 Å². The number of halogens is 3. The molecule has 4 heteroatoms. The topological polar surface area (TPSA) is 3.24 Å². The van der Waals surface area contributed by atoms with Gasteiger partial charge < -0.3 is 4.90 Å². The lowest BCUT2D eigenvalue weighted by Crippen LogP contribution is -2.24. The van der Waals surface area contributed by atoms with Crippen LogP contribution in [0.2, 0.25) is 5.02 Å². The summed E-state index contributed by atoms with van der Waals surface area (Å²) in [6.07, 6.45) is 0. The molecule has 0 amide bonds. The highest BCUT2D eigenvalue weighted by Crippen LogP contribution is 2.52. The van der Waals surface area contributed by atoms with Crippen LogP contribution in [0, 0.1) is 29.4 Å². The first kappa shape index (κ1) is 10.3. The van der Waals surface area contributed by atoms with Crippen LogP contribution in [-0.4, -0.2) is 13.1 Å². The third kappa shape index (κ3) is 1.41. The van der Waals surface area contributed by atoms with Crippen LogP contribution in [0.25, 0.3) is 0 Å². The van der Waals surface area contributed by atoms with Crippen LogP contribution in [0.4, 0.5) is 14.5 Å². The van der Waals surface area contributed by atoms with Crippen molar-refractivity contribution in [3.8, 4) is 0 Å². The maximum Gasteiger partial charge on any atom is 0.149 e. The van der Waals surface area contributed by atoms with E-state index < -0.39 is 11.6 Å². The van der Waals surface area contributed by atoms with Gasteiger partial charge in [0.05, 0.1) is 10.7 Å². The number of hydrogen-bond acceptors (Lipinski definition) is 1. The molecule has 1 saturated carbocycles. The van der Waals surface area contributed by atoms with E-state index in [0.29, 0.717) is 17.5 Å². The van der Waals surface area contributed by atoms with Gasteiger partial charge in [-0.15, -0.1) is 0 Å². The zero-order valence-corrected chi connectivity index (χ0v) is 9.64. The van der Waals surface area contributed by atoms with Gasteiger partial charge in [0.15, 0.2) is 0 Å². The number of fused-ring (bicyclic) bond motifs is 1. The highest BCUT2D eigenvalue weighted by Gasteiger charge is 2.52. The minimum absolute atomic E-state index is 0.00924. The van der Waals surface area contributed by atoms with Crippen LogP contribution in [0.1, 0.15) is 6.92 Å². The molecule has 0 spiro atoms. The molecule has 1 aliphatic heterocycles. The van der Waals surface area contributed by atoms with Gasteiger partial charge in [0, 0.05) is 19.2 Å². The molecule has 1 aromatic carbocycles. The largest absolute Gasteiger partial charge is 0.369 e. The summed E-state index contributed by atoms with van der Waals surface area (Å²) in [6.45, 7) is 3.95. The molecular weight excluding hydrogens is 232 g/mol. The van der Waals surface area contributed by atoms with Crippen molar-refractivity contribution < 1.29 is 8.78 Å². The van der Waals surface area contributed by atoms with Crippen molar-refractivity contribution in [3.05, 3.63) is 28.8 Å². The Hall–Kier alpha value is -0.830. The molecule has 86 valence electrons. The van der Waals surface area contributed by atoms with E-state index in [0.717, 1.165) is 25.1 Å². The molecule has 2 aliphatic rings. The Bertz CT molecular complexity index is 437. The summed E-state index contributed by atoms with van der Waals surface area (Å²) in [7, 11) is 0. The molecule has 1 nitrogen and oxygen atoms in total. The Morgan fingerprint density at radius 1 is 1.19 bits per heavy atom. The van der Waals surface area contributed by atoms with E-state index in [-0.39, 0.29) is 5.02 Å². The van der Waals surface area contributed by atoms with Gasteiger partial charge in [0.1, 0.15) is 11.6 Å².